The maximum Gasteiger partial charge on any atom is 0.293 e. The molecule has 2 N–H and O–H groups in total. The van der Waals surface area contributed by atoms with Crippen molar-refractivity contribution >= 4 is 17.3 Å². The zero-order valence-electron chi connectivity index (χ0n) is 9.98. The van der Waals surface area contributed by atoms with Crippen LogP contribution in [0.1, 0.15) is 24.2 Å². The first kappa shape index (κ1) is 13.0. The molecule has 0 aromatic heterocycles. The number of amides is 1. The Hall–Kier alpha value is -2.11. The van der Waals surface area contributed by atoms with Crippen LogP contribution in [-0.2, 0) is 0 Å². The monoisotopic (exact) mass is 237 g/mol. The van der Waals surface area contributed by atoms with E-state index in [-0.39, 0.29) is 23.2 Å². The molecule has 0 saturated carbocycles. The molecule has 17 heavy (non-hydrogen) atoms. The molecule has 0 aliphatic rings. The van der Waals surface area contributed by atoms with E-state index in [1.807, 2.05) is 13.8 Å². The summed E-state index contributed by atoms with van der Waals surface area (Å²) in [6, 6.07) is 4.45. The Balaban J connectivity index is 3.17. The van der Waals surface area contributed by atoms with Gasteiger partial charge < -0.3 is 10.6 Å². The number of carbonyl (C=O) groups excluding carboxylic acids is 1. The number of benzene rings is 1. The molecule has 92 valence electrons. The number of nitro groups is 1. The minimum absolute atomic E-state index is 0.0829. The normalized spacial score (nSPS) is 10.1. The molecule has 1 aromatic carbocycles. The van der Waals surface area contributed by atoms with Gasteiger partial charge in [0.05, 0.1) is 4.92 Å². The third-order valence-electron chi connectivity index (χ3n) is 2.13. The number of nitro benzene ring substituents is 1. The molecule has 0 radical (unpaired) electrons. The molecule has 6 heteroatoms. The fourth-order valence-corrected chi connectivity index (χ4v) is 1.40. The maximum atomic E-state index is 11.4. The Morgan fingerprint density at radius 1 is 1.41 bits per heavy atom. The van der Waals surface area contributed by atoms with Gasteiger partial charge in [0.2, 0.25) is 0 Å². The average Bonchev–Trinajstić information content (AvgIpc) is 2.27. The minimum Gasteiger partial charge on any atom is -0.377 e. The number of nitrogens with one attached hydrogen (secondary N) is 2. The smallest absolute Gasteiger partial charge is 0.293 e. The molecule has 0 heterocycles. The van der Waals surface area contributed by atoms with Crippen LogP contribution in [0, 0.1) is 10.1 Å². The van der Waals surface area contributed by atoms with Crippen LogP contribution in [0.5, 0.6) is 0 Å². The molecule has 0 atom stereocenters. The van der Waals surface area contributed by atoms with Crippen LogP contribution in [0.15, 0.2) is 18.2 Å². The lowest BCUT2D eigenvalue weighted by atomic mass is 10.1. The summed E-state index contributed by atoms with van der Waals surface area (Å²) in [7, 11) is 1.48. The molecular weight excluding hydrogens is 222 g/mol. The molecule has 6 nitrogen and oxygen atoms in total. The van der Waals surface area contributed by atoms with Gasteiger partial charge in [-0.15, -0.1) is 0 Å². The number of hydrogen-bond acceptors (Lipinski definition) is 4. The van der Waals surface area contributed by atoms with Gasteiger partial charge >= 0.3 is 0 Å². The molecule has 0 unspecified atom stereocenters. The molecule has 1 amide bonds. The van der Waals surface area contributed by atoms with Crippen LogP contribution in [0.2, 0.25) is 0 Å². The van der Waals surface area contributed by atoms with Crippen molar-refractivity contribution in [3.05, 3.63) is 33.9 Å². The molecule has 0 saturated heterocycles. The van der Waals surface area contributed by atoms with E-state index in [0.717, 1.165) is 0 Å². The number of nitrogens with zero attached hydrogens (tertiary/aromatic N) is 1. The Morgan fingerprint density at radius 2 is 2.06 bits per heavy atom. The zero-order chi connectivity index (χ0) is 13.0. The van der Waals surface area contributed by atoms with Gasteiger partial charge in [-0.2, -0.15) is 0 Å². The molecular formula is C11H15N3O3. The van der Waals surface area contributed by atoms with E-state index in [4.69, 9.17) is 0 Å². The largest absolute Gasteiger partial charge is 0.377 e. The zero-order valence-corrected chi connectivity index (χ0v) is 9.98. The van der Waals surface area contributed by atoms with Gasteiger partial charge in [0.1, 0.15) is 5.69 Å². The number of anilines is 1. The first-order chi connectivity index (χ1) is 7.95. The fourth-order valence-electron chi connectivity index (χ4n) is 1.40. The quantitative estimate of drug-likeness (QED) is 0.617. The first-order valence-electron chi connectivity index (χ1n) is 5.22. The van der Waals surface area contributed by atoms with Crippen LogP contribution in [0.3, 0.4) is 0 Å². The molecule has 1 rings (SSSR count). The van der Waals surface area contributed by atoms with Crippen LogP contribution in [0.4, 0.5) is 11.4 Å². The highest BCUT2D eigenvalue weighted by Gasteiger charge is 2.17. The first-order valence-corrected chi connectivity index (χ1v) is 5.22. The maximum absolute atomic E-state index is 11.4. The molecule has 0 aliphatic carbocycles. The van der Waals surface area contributed by atoms with Crippen molar-refractivity contribution in [2.75, 3.05) is 12.4 Å². The summed E-state index contributed by atoms with van der Waals surface area (Å²) in [5.74, 6) is -0.343. The van der Waals surface area contributed by atoms with Crippen molar-refractivity contribution in [3.63, 3.8) is 0 Å². The van der Waals surface area contributed by atoms with Gasteiger partial charge in [-0.3, -0.25) is 14.9 Å². The lowest BCUT2D eigenvalue weighted by Gasteiger charge is -2.10. The molecule has 1 aromatic rings. The van der Waals surface area contributed by atoms with Crippen molar-refractivity contribution in [2.45, 2.75) is 19.9 Å². The summed E-state index contributed by atoms with van der Waals surface area (Å²) in [6.45, 7) is 3.77. The van der Waals surface area contributed by atoms with E-state index >= 15 is 0 Å². The number of hydrogen-bond donors (Lipinski definition) is 2. The number of rotatable bonds is 4. The summed E-state index contributed by atoms with van der Waals surface area (Å²) < 4.78 is 0. The second-order valence-electron chi connectivity index (χ2n) is 3.87. The molecule has 0 aliphatic heterocycles. The lowest BCUT2D eigenvalue weighted by Crippen LogP contribution is -2.18. The van der Waals surface area contributed by atoms with E-state index in [0.29, 0.717) is 5.69 Å². The minimum atomic E-state index is -0.503. The third kappa shape index (κ3) is 3.17. The summed E-state index contributed by atoms with van der Waals surface area (Å²) in [5, 5.41) is 16.3. The lowest BCUT2D eigenvalue weighted by molar-refractivity contribution is -0.384. The van der Waals surface area contributed by atoms with Crippen molar-refractivity contribution < 1.29 is 9.72 Å². The second-order valence-corrected chi connectivity index (χ2v) is 3.87. The highest BCUT2D eigenvalue weighted by molar-refractivity contribution is 5.95. The fraction of sp³-hybridized carbons (Fsp3) is 0.364. The Bertz CT molecular complexity index is 444. The summed E-state index contributed by atoms with van der Waals surface area (Å²) >= 11 is 0. The topological polar surface area (TPSA) is 84.3 Å². The van der Waals surface area contributed by atoms with Crippen LogP contribution in [0.25, 0.3) is 0 Å². The van der Waals surface area contributed by atoms with Gasteiger partial charge in [-0.1, -0.05) is 0 Å². The van der Waals surface area contributed by atoms with E-state index in [9.17, 15) is 14.9 Å². The van der Waals surface area contributed by atoms with Crippen molar-refractivity contribution in [2.24, 2.45) is 0 Å². The molecule has 0 fully saturated rings. The average molecular weight is 237 g/mol. The van der Waals surface area contributed by atoms with Crippen molar-refractivity contribution in [3.8, 4) is 0 Å². The standard InChI is InChI=1S/C11H15N3O3/c1-7(2)13-9-5-4-8(11(15)12-3)6-10(9)14(16)17/h4-7,13H,1-3H3,(H,12,15). The van der Waals surface area contributed by atoms with Crippen molar-refractivity contribution in [1.29, 1.82) is 0 Å². The molecule has 0 bridgehead atoms. The van der Waals surface area contributed by atoms with Crippen LogP contribution >= 0.6 is 0 Å². The van der Waals surface area contributed by atoms with Crippen LogP contribution in [-0.4, -0.2) is 23.9 Å². The highest BCUT2D eigenvalue weighted by Crippen LogP contribution is 2.26. The van der Waals surface area contributed by atoms with Gasteiger partial charge in [0.25, 0.3) is 11.6 Å². The summed E-state index contributed by atoms with van der Waals surface area (Å²) in [6.07, 6.45) is 0. The van der Waals surface area contributed by atoms with Crippen molar-refractivity contribution in [1.82, 2.24) is 5.32 Å². The van der Waals surface area contributed by atoms with Gasteiger partial charge in [-0.05, 0) is 26.0 Å². The molecule has 0 spiro atoms. The Kier molecular flexibility index (Phi) is 4.03. The van der Waals surface area contributed by atoms with E-state index in [2.05, 4.69) is 10.6 Å². The predicted molar refractivity (Wildman–Crippen MR) is 65.2 cm³/mol. The van der Waals surface area contributed by atoms with Gasteiger partial charge in [-0.25, -0.2) is 0 Å². The van der Waals surface area contributed by atoms with E-state index in [1.54, 1.807) is 12.1 Å². The van der Waals surface area contributed by atoms with Gasteiger partial charge in [0, 0.05) is 24.7 Å². The summed E-state index contributed by atoms with van der Waals surface area (Å²) in [4.78, 5) is 21.8. The van der Waals surface area contributed by atoms with E-state index < -0.39 is 4.92 Å². The summed E-state index contributed by atoms with van der Waals surface area (Å²) in [5.41, 5.74) is 0.589. The second kappa shape index (κ2) is 5.29. The predicted octanol–water partition coefficient (Wildman–Crippen LogP) is 1.77. The highest BCUT2D eigenvalue weighted by atomic mass is 16.6. The Morgan fingerprint density at radius 3 is 2.53 bits per heavy atom. The SMILES string of the molecule is CNC(=O)c1ccc(NC(C)C)c([N+](=O)[O-])c1. The van der Waals surface area contributed by atoms with Gasteiger partial charge in [0.15, 0.2) is 0 Å². The van der Waals surface area contributed by atoms with E-state index in [1.165, 1.54) is 13.1 Å². The third-order valence-corrected chi connectivity index (χ3v) is 2.13. The number of carbonyl (C=O) groups is 1. The Labute approximate surface area is 99.2 Å². The van der Waals surface area contributed by atoms with Crippen LogP contribution < -0.4 is 10.6 Å².